The van der Waals surface area contributed by atoms with E-state index >= 15 is 4.79 Å². The number of carbonyl (C=O) groups excluding carboxylic acids is 2. The van der Waals surface area contributed by atoms with Crippen LogP contribution in [0.5, 0.6) is 28.7 Å². The van der Waals surface area contributed by atoms with Crippen molar-refractivity contribution in [3.8, 4) is 40.1 Å². The second-order valence-electron chi connectivity index (χ2n) is 20.6. The molecule has 2 saturated heterocycles. The summed E-state index contributed by atoms with van der Waals surface area (Å²) in [5, 5.41) is -0.0361. The van der Waals surface area contributed by atoms with Crippen molar-refractivity contribution in [3.05, 3.63) is 255 Å². The van der Waals surface area contributed by atoms with Crippen molar-refractivity contribution in [2.75, 3.05) is 6.61 Å². The summed E-state index contributed by atoms with van der Waals surface area (Å²) < 4.78 is 100.0. The molecular weight excluding hydrogens is 1070 g/mol. The van der Waals surface area contributed by atoms with Gasteiger partial charge in [-0.3, -0.25) is 14.4 Å². The smallest absolute Gasteiger partial charge is 0.310 e. The van der Waals surface area contributed by atoms with Crippen LogP contribution in [-0.2, 0) is 65.1 Å². The first-order valence-electron chi connectivity index (χ1n) is 27.0. The van der Waals surface area contributed by atoms with E-state index in [0.29, 0.717) is 39.5 Å². The summed E-state index contributed by atoms with van der Waals surface area (Å²) in [5.41, 5.74) is 3.66. The lowest BCUT2D eigenvalue weighted by Gasteiger charge is -2.41. The van der Waals surface area contributed by atoms with Crippen molar-refractivity contribution in [1.29, 1.82) is 0 Å². The van der Waals surface area contributed by atoms with E-state index < -0.39 is 83.6 Å². The maximum absolute atomic E-state index is 15.9. The Morgan fingerprint density at radius 3 is 1.75 bits per heavy atom. The van der Waals surface area contributed by atoms with Gasteiger partial charge in [-0.1, -0.05) is 146 Å². The van der Waals surface area contributed by atoms with Crippen LogP contribution in [0.15, 0.2) is 209 Å². The molecule has 0 aliphatic carbocycles. The van der Waals surface area contributed by atoms with Crippen LogP contribution in [0.2, 0.25) is 0 Å². The van der Waals surface area contributed by atoms with E-state index in [2.05, 4.69) is 0 Å². The van der Waals surface area contributed by atoms with Gasteiger partial charge in [0, 0.05) is 28.8 Å². The molecule has 0 spiro atoms. The van der Waals surface area contributed by atoms with E-state index in [1.807, 2.05) is 121 Å². The molecule has 420 valence electrons. The van der Waals surface area contributed by atoms with Crippen LogP contribution in [0.4, 0.5) is 8.78 Å². The van der Waals surface area contributed by atoms with Gasteiger partial charge in [0.1, 0.15) is 72.2 Å². The number of carbonyl (C=O) groups is 2. The summed E-state index contributed by atoms with van der Waals surface area (Å²) in [6.45, 7) is 3.10. The third-order valence-electron chi connectivity index (χ3n) is 14.3. The molecule has 83 heavy (non-hydrogen) atoms. The highest BCUT2D eigenvalue weighted by Crippen LogP contribution is 2.50. The number of ether oxygens (including phenoxy) is 10. The third-order valence-corrected chi connectivity index (χ3v) is 14.3. The molecule has 0 saturated carbocycles. The molecular formula is C67H54F2O14. The molecule has 9 aromatic rings. The van der Waals surface area contributed by atoms with Gasteiger partial charge in [-0.2, -0.15) is 0 Å². The van der Waals surface area contributed by atoms with Crippen molar-refractivity contribution in [3.63, 3.8) is 0 Å². The number of hydrogen-bond donors (Lipinski definition) is 0. The minimum absolute atomic E-state index is 0.0361. The van der Waals surface area contributed by atoms with Gasteiger partial charge >= 0.3 is 17.7 Å². The van der Waals surface area contributed by atoms with E-state index in [4.69, 9.17) is 51.8 Å². The van der Waals surface area contributed by atoms with Crippen LogP contribution in [0, 0.1) is 11.6 Å². The van der Waals surface area contributed by atoms with Crippen LogP contribution in [0.3, 0.4) is 0 Å². The number of esters is 2. The maximum Gasteiger partial charge on any atom is 0.310 e. The van der Waals surface area contributed by atoms with Gasteiger partial charge < -0.3 is 51.8 Å². The Bertz CT molecular complexity index is 3790. The predicted molar refractivity (Wildman–Crippen MR) is 299 cm³/mol. The van der Waals surface area contributed by atoms with E-state index in [0.717, 1.165) is 11.1 Å². The minimum atomic E-state index is -1.72. The molecule has 14 nitrogen and oxygen atoms in total. The van der Waals surface area contributed by atoms with E-state index in [1.165, 1.54) is 48.5 Å². The van der Waals surface area contributed by atoms with Crippen LogP contribution < -0.4 is 29.1 Å². The summed E-state index contributed by atoms with van der Waals surface area (Å²) in [7, 11) is 0. The zero-order valence-corrected chi connectivity index (χ0v) is 44.9. The van der Waals surface area contributed by atoms with Crippen LogP contribution in [-0.4, -0.2) is 55.0 Å². The fourth-order valence-electron chi connectivity index (χ4n) is 10.3. The molecule has 1 aromatic heterocycles. The van der Waals surface area contributed by atoms with Gasteiger partial charge in [0.15, 0.2) is 29.2 Å². The molecule has 4 heterocycles. The van der Waals surface area contributed by atoms with Gasteiger partial charge in [0.05, 0.1) is 12.8 Å². The Hall–Kier alpha value is -9.35. The first kappa shape index (κ1) is 54.2. The second kappa shape index (κ2) is 23.3. The van der Waals surface area contributed by atoms with E-state index in [-0.39, 0.29) is 54.1 Å². The van der Waals surface area contributed by atoms with Crippen LogP contribution in [0.25, 0.3) is 22.3 Å². The van der Waals surface area contributed by atoms with Crippen molar-refractivity contribution in [2.24, 2.45) is 0 Å². The average molecular weight is 1120 g/mol. The zero-order chi connectivity index (χ0) is 57.1. The molecule has 0 unspecified atom stereocenters. The molecule has 8 aromatic carbocycles. The topological polar surface area (TPSA) is 157 Å². The lowest BCUT2D eigenvalue weighted by Crippen LogP contribution is -2.60. The van der Waals surface area contributed by atoms with Crippen molar-refractivity contribution in [1.82, 2.24) is 0 Å². The molecule has 3 aliphatic rings. The molecule has 0 bridgehead atoms. The first-order chi connectivity index (χ1) is 40.3. The Balaban J connectivity index is 0.987. The highest BCUT2D eigenvalue weighted by atomic mass is 19.1. The monoisotopic (exact) mass is 1120 g/mol. The van der Waals surface area contributed by atoms with Gasteiger partial charge in [-0.05, 0) is 78.6 Å². The summed E-state index contributed by atoms with van der Waals surface area (Å²) in [6, 6.07) is 56.9. The van der Waals surface area contributed by atoms with Gasteiger partial charge in [0.2, 0.25) is 17.5 Å². The number of fused-ring (bicyclic) bond motifs is 3. The molecule has 0 radical (unpaired) electrons. The van der Waals surface area contributed by atoms with Crippen molar-refractivity contribution < 1.29 is 70.2 Å². The Morgan fingerprint density at radius 2 is 1.13 bits per heavy atom. The SMILES string of the molecule is CC1(C)O[C@H]2[C@@H](O1)[C@@H](COC(=O)Cc1ccc(F)cc1)O[C@@H](Oc1c(-c3ccc4c(c3)OC(c3ccccc3)(c3ccccc3)O4)oc3cc(OCc4ccccc4)cc(OCc4ccccc4)c3c1=O)[C@@H]2OC(=O)Cc1ccc(F)cc1. The third kappa shape index (κ3) is 11.9. The largest absolute Gasteiger partial charge is 0.489 e. The van der Waals surface area contributed by atoms with Gasteiger partial charge in [-0.15, -0.1) is 0 Å². The number of rotatable bonds is 18. The Kier molecular flexibility index (Phi) is 15.2. The summed E-state index contributed by atoms with van der Waals surface area (Å²) >= 11 is 0. The van der Waals surface area contributed by atoms with E-state index in [9.17, 15) is 18.4 Å². The van der Waals surface area contributed by atoms with Crippen molar-refractivity contribution >= 4 is 22.9 Å². The number of halogens is 2. The predicted octanol–water partition coefficient (Wildman–Crippen LogP) is 12.1. The van der Waals surface area contributed by atoms with Gasteiger partial charge in [-0.25, -0.2) is 8.78 Å². The highest BCUT2D eigenvalue weighted by Gasteiger charge is 2.58. The van der Waals surface area contributed by atoms with Crippen LogP contribution in [0.1, 0.15) is 47.2 Å². The van der Waals surface area contributed by atoms with Gasteiger partial charge in [0.25, 0.3) is 0 Å². The first-order valence-corrected chi connectivity index (χ1v) is 27.0. The quantitative estimate of drug-likeness (QED) is 0.0748. The summed E-state index contributed by atoms with van der Waals surface area (Å²) in [4.78, 5) is 43.5. The minimum Gasteiger partial charge on any atom is -0.489 e. The highest BCUT2D eigenvalue weighted by molar-refractivity contribution is 5.89. The molecule has 3 aliphatic heterocycles. The summed E-state index contributed by atoms with van der Waals surface area (Å²) in [5.74, 6) is -4.59. The summed E-state index contributed by atoms with van der Waals surface area (Å²) in [6.07, 6.45) is -7.09. The molecule has 16 heteroatoms. The molecule has 0 amide bonds. The molecule has 0 N–H and O–H groups in total. The fourth-order valence-corrected chi connectivity index (χ4v) is 10.3. The van der Waals surface area contributed by atoms with Crippen molar-refractivity contribution in [2.45, 2.75) is 82.2 Å². The number of benzene rings is 8. The maximum atomic E-state index is 15.9. The zero-order valence-electron chi connectivity index (χ0n) is 44.9. The lowest BCUT2D eigenvalue weighted by molar-refractivity contribution is -0.262. The van der Waals surface area contributed by atoms with Crippen LogP contribution >= 0.6 is 0 Å². The Morgan fingerprint density at radius 1 is 0.578 bits per heavy atom. The average Bonchev–Trinajstić information content (AvgIpc) is 3.72. The van der Waals surface area contributed by atoms with E-state index in [1.54, 1.807) is 44.2 Å². The molecule has 5 atom stereocenters. The lowest BCUT2D eigenvalue weighted by atomic mass is 9.97. The Labute approximate surface area is 475 Å². The number of hydrogen-bond acceptors (Lipinski definition) is 14. The molecule has 12 rings (SSSR count). The molecule has 2 fully saturated rings. The standard InChI is InChI=1S/C67H54F2O14/c1-66(2)82-61-55(40-75-56(70)33-41-23-28-48(68)29-24-41)77-65(64(63(61)83-66)78-57(71)34-42-25-30-49(69)31-26-42)79-62-59(72)58-53(74-39-44-17-9-4-10-18-44)36-50(73-38-43-15-7-3-8-16-43)37-54(58)76-60(62)45-27-32-51-52(35-45)81-67(80-51,46-19-11-5-12-20-46)47-21-13-6-14-22-47/h3-32,35-37,55,61,63-65H,33-34,38-40H2,1-2H3/t55-,61+,63+,64-,65+/m1/s1. The normalized spacial score (nSPS) is 19.1. The fraction of sp³-hybridized carbons (Fsp3) is 0.209. The second-order valence-corrected chi connectivity index (χ2v) is 20.6.